The van der Waals surface area contributed by atoms with Gasteiger partial charge in [0.15, 0.2) is 5.82 Å². The first-order valence-corrected chi connectivity index (χ1v) is 7.69. The fourth-order valence-electron chi connectivity index (χ4n) is 2.08. The zero-order valence-corrected chi connectivity index (χ0v) is 13.7. The molecule has 112 valence electrons. The molecule has 0 aliphatic heterocycles. The number of hydrogen-bond donors (Lipinski definition) is 2. The molecule has 4 nitrogen and oxygen atoms in total. The minimum absolute atomic E-state index is 0.342. The van der Waals surface area contributed by atoms with Crippen molar-refractivity contribution in [1.82, 2.24) is 10.2 Å². The molecule has 0 amide bonds. The lowest BCUT2D eigenvalue weighted by Gasteiger charge is -2.11. The average Bonchev–Trinajstić information content (AvgIpc) is 2.87. The Balaban J connectivity index is 1.93. The van der Waals surface area contributed by atoms with Crippen LogP contribution in [0.2, 0.25) is 0 Å². The number of nitrogens with zero attached hydrogens (tertiary/aromatic N) is 1. The lowest BCUT2D eigenvalue weighted by Crippen LogP contribution is -1.98. The Morgan fingerprint density at radius 1 is 1.18 bits per heavy atom. The van der Waals surface area contributed by atoms with E-state index >= 15 is 0 Å². The van der Waals surface area contributed by atoms with Crippen LogP contribution < -0.4 is 10.5 Å². The Hall–Kier alpha value is -2.09. The highest BCUT2D eigenvalue weighted by Gasteiger charge is 2.15. The molecule has 1 heterocycles. The molecule has 0 bridgehead atoms. The molecular formula is C16H13FIN3O. The Labute approximate surface area is 140 Å². The van der Waals surface area contributed by atoms with Crippen LogP contribution in [0.1, 0.15) is 5.56 Å². The Kier molecular flexibility index (Phi) is 4.28. The molecule has 0 unspecified atom stereocenters. The summed E-state index contributed by atoms with van der Waals surface area (Å²) in [4.78, 5) is 0. The fourth-order valence-corrected chi connectivity index (χ4v) is 2.61. The third-order valence-corrected chi connectivity index (χ3v) is 4.27. The van der Waals surface area contributed by atoms with Gasteiger partial charge in [-0.1, -0.05) is 30.3 Å². The molecule has 0 spiro atoms. The first kappa shape index (κ1) is 14.8. The van der Waals surface area contributed by atoms with E-state index in [2.05, 4.69) is 32.8 Å². The van der Waals surface area contributed by atoms with E-state index in [0.717, 1.165) is 9.13 Å². The monoisotopic (exact) mass is 409 g/mol. The maximum Gasteiger partial charge on any atom is 0.159 e. The van der Waals surface area contributed by atoms with Gasteiger partial charge in [-0.05, 0) is 46.4 Å². The number of aromatic amines is 1. The summed E-state index contributed by atoms with van der Waals surface area (Å²) in [5.74, 6) is 0.617. The summed E-state index contributed by atoms with van der Waals surface area (Å²) in [6, 6.07) is 14.2. The smallest absolute Gasteiger partial charge is 0.159 e. The number of rotatable bonds is 4. The van der Waals surface area contributed by atoms with Crippen molar-refractivity contribution in [3.8, 4) is 17.0 Å². The second kappa shape index (κ2) is 6.35. The van der Waals surface area contributed by atoms with E-state index in [1.54, 1.807) is 6.07 Å². The van der Waals surface area contributed by atoms with E-state index in [1.807, 2.05) is 30.3 Å². The van der Waals surface area contributed by atoms with Gasteiger partial charge in [0, 0.05) is 5.56 Å². The van der Waals surface area contributed by atoms with Crippen molar-refractivity contribution in [2.75, 3.05) is 5.73 Å². The largest absolute Gasteiger partial charge is 0.488 e. The minimum Gasteiger partial charge on any atom is -0.488 e. The topological polar surface area (TPSA) is 63.9 Å². The Morgan fingerprint density at radius 3 is 2.64 bits per heavy atom. The highest BCUT2D eigenvalue weighted by atomic mass is 127. The third kappa shape index (κ3) is 3.06. The van der Waals surface area contributed by atoms with Gasteiger partial charge in [0.05, 0.1) is 9.26 Å². The zero-order valence-electron chi connectivity index (χ0n) is 11.5. The van der Waals surface area contributed by atoms with Gasteiger partial charge in [0.2, 0.25) is 0 Å². The molecule has 0 radical (unpaired) electrons. The van der Waals surface area contributed by atoms with Crippen LogP contribution in [-0.4, -0.2) is 10.2 Å². The van der Waals surface area contributed by atoms with E-state index < -0.39 is 0 Å². The van der Waals surface area contributed by atoms with E-state index in [1.165, 1.54) is 12.1 Å². The van der Waals surface area contributed by atoms with Gasteiger partial charge in [-0.15, -0.1) is 0 Å². The van der Waals surface area contributed by atoms with Crippen molar-refractivity contribution in [1.29, 1.82) is 0 Å². The van der Waals surface area contributed by atoms with Crippen LogP contribution in [0, 0.1) is 9.39 Å². The number of anilines is 1. The Morgan fingerprint density at radius 2 is 1.95 bits per heavy atom. The van der Waals surface area contributed by atoms with Crippen LogP contribution in [0.3, 0.4) is 0 Å². The molecule has 0 aliphatic carbocycles. The van der Waals surface area contributed by atoms with Gasteiger partial charge in [0.25, 0.3) is 0 Å². The summed E-state index contributed by atoms with van der Waals surface area (Å²) in [5, 5.41) is 6.78. The highest BCUT2D eigenvalue weighted by Crippen LogP contribution is 2.34. The molecule has 1 aromatic heterocycles. The van der Waals surface area contributed by atoms with Crippen molar-refractivity contribution < 1.29 is 9.13 Å². The molecule has 3 rings (SSSR count). The van der Waals surface area contributed by atoms with E-state index in [9.17, 15) is 4.39 Å². The molecule has 6 heteroatoms. The molecule has 3 aromatic rings. The van der Waals surface area contributed by atoms with Crippen molar-refractivity contribution in [2.24, 2.45) is 0 Å². The van der Waals surface area contributed by atoms with Gasteiger partial charge in [-0.3, -0.25) is 5.10 Å². The number of hydrogen-bond acceptors (Lipinski definition) is 3. The van der Waals surface area contributed by atoms with Crippen LogP contribution in [0.15, 0.2) is 48.5 Å². The molecule has 0 fully saturated rings. The number of benzene rings is 2. The lowest BCUT2D eigenvalue weighted by atomic mass is 10.1. The van der Waals surface area contributed by atoms with Gasteiger partial charge in [-0.2, -0.15) is 5.10 Å². The van der Waals surface area contributed by atoms with Gasteiger partial charge >= 0.3 is 0 Å². The highest BCUT2D eigenvalue weighted by molar-refractivity contribution is 14.1. The lowest BCUT2D eigenvalue weighted by molar-refractivity contribution is 0.307. The van der Waals surface area contributed by atoms with E-state index in [-0.39, 0.29) is 5.82 Å². The second-order valence-corrected chi connectivity index (χ2v) is 5.79. The third-order valence-electron chi connectivity index (χ3n) is 3.18. The van der Waals surface area contributed by atoms with Crippen LogP contribution in [0.25, 0.3) is 11.3 Å². The van der Waals surface area contributed by atoms with Gasteiger partial charge in [-0.25, -0.2) is 4.39 Å². The summed E-state index contributed by atoms with van der Waals surface area (Å²) in [5.41, 5.74) is 8.04. The second-order valence-electron chi connectivity index (χ2n) is 4.71. The summed E-state index contributed by atoms with van der Waals surface area (Å²) < 4.78 is 20.2. The van der Waals surface area contributed by atoms with Crippen molar-refractivity contribution >= 4 is 28.4 Å². The number of H-pyrrole nitrogens is 1. The summed E-state index contributed by atoms with van der Waals surface area (Å²) in [6.45, 7) is 0.402. The molecule has 22 heavy (non-hydrogen) atoms. The maximum atomic E-state index is 13.6. The average molecular weight is 409 g/mol. The van der Waals surface area contributed by atoms with Crippen LogP contribution >= 0.6 is 22.6 Å². The van der Waals surface area contributed by atoms with E-state index in [0.29, 0.717) is 29.4 Å². The number of ether oxygens (including phenoxy) is 1. The quantitative estimate of drug-likeness (QED) is 0.641. The van der Waals surface area contributed by atoms with Crippen LogP contribution in [0.4, 0.5) is 10.2 Å². The summed E-state index contributed by atoms with van der Waals surface area (Å²) in [6.07, 6.45) is 0. The SMILES string of the molecule is Nc1n[nH]c(-c2cc(F)ccc2OCc2ccccc2)c1I. The van der Waals surface area contributed by atoms with E-state index in [4.69, 9.17) is 10.5 Å². The summed E-state index contributed by atoms with van der Waals surface area (Å²) in [7, 11) is 0. The standard InChI is InChI=1S/C16H13FIN3O/c17-11-6-7-13(22-9-10-4-2-1-3-5-10)12(8-11)15-14(18)16(19)21-20-15/h1-8H,9H2,(H3,19,20,21). The predicted molar refractivity (Wildman–Crippen MR) is 91.9 cm³/mol. The number of aromatic nitrogens is 2. The first-order valence-electron chi connectivity index (χ1n) is 6.61. The van der Waals surface area contributed by atoms with Crippen LogP contribution in [-0.2, 0) is 6.61 Å². The van der Waals surface area contributed by atoms with Gasteiger partial charge in [0.1, 0.15) is 18.2 Å². The molecule has 0 saturated heterocycles. The molecular weight excluding hydrogens is 396 g/mol. The Bertz CT molecular complexity index is 789. The number of nitrogens with one attached hydrogen (secondary N) is 1. The first-order chi connectivity index (χ1) is 10.6. The van der Waals surface area contributed by atoms with Crippen molar-refractivity contribution in [3.63, 3.8) is 0 Å². The van der Waals surface area contributed by atoms with Crippen molar-refractivity contribution in [2.45, 2.75) is 6.61 Å². The molecule has 3 N–H and O–H groups in total. The molecule has 0 atom stereocenters. The fraction of sp³-hybridized carbons (Fsp3) is 0.0625. The minimum atomic E-state index is -0.342. The predicted octanol–water partition coefficient (Wildman–Crippen LogP) is 3.98. The maximum absolute atomic E-state index is 13.6. The summed E-state index contributed by atoms with van der Waals surface area (Å²) >= 11 is 2.08. The number of nitrogens with two attached hydrogens (primary N) is 1. The van der Waals surface area contributed by atoms with Crippen molar-refractivity contribution in [3.05, 3.63) is 63.5 Å². The van der Waals surface area contributed by atoms with Crippen LogP contribution in [0.5, 0.6) is 5.75 Å². The molecule has 2 aromatic carbocycles. The normalized spacial score (nSPS) is 10.6. The number of nitrogen functional groups attached to an aromatic ring is 1. The zero-order chi connectivity index (χ0) is 15.5. The van der Waals surface area contributed by atoms with Gasteiger partial charge < -0.3 is 10.5 Å². The number of halogens is 2. The molecule has 0 saturated carbocycles. The molecule has 0 aliphatic rings.